The highest BCUT2D eigenvalue weighted by molar-refractivity contribution is 5.96. The number of amides is 1. The Kier molecular flexibility index (Phi) is 2.81. The van der Waals surface area contributed by atoms with Crippen LogP contribution in [-0.4, -0.2) is 44.0 Å². The summed E-state index contributed by atoms with van der Waals surface area (Å²) in [4.78, 5) is 14.3. The maximum atomic E-state index is 12.4. The molecule has 2 aromatic rings. The molecular weight excluding hydrogens is 246 g/mol. The van der Waals surface area contributed by atoms with E-state index in [4.69, 9.17) is 4.52 Å². The van der Waals surface area contributed by atoms with Gasteiger partial charge in [-0.2, -0.15) is 0 Å². The lowest BCUT2D eigenvalue weighted by Gasteiger charge is -2.16. The number of hydrogen-bond acceptors (Lipinski definition) is 5. The zero-order valence-electron chi connectivity index (χ0n) is 10.9. The molecule has 0 spiro atoms. The highest BCUT2D eigenvalue weighted by atomic mass is 16.5. The third kappa shape index (κ3) is 2.00. The molecule has 100 valence electrons. The lowest BCUT2D eigenvalue weighted by atomic mass is 10.2. The van der Waals surface area contributed by atoms with Gasteiger partial charge >= 0.3 is 0 Å². The predicted octanol–water partition coefficient (Wildman–Crippen LogP) is 0.970. The Labute approximate surface area is 110 Å². The molecule has 3 rings (SSSR count). The van der Waals surface area contributed by atoms with E-state index < -0.39 is 0 Å². The van der Waals surface area contributed by atoms with E-state index in [-0.39, 0.29) is 11.9 Å². The molecule has 1 aliphatic heterocycles. The maximum Gasteiger partial charge on any atom is 0.259 e. The van der Waals surface area contributed by atoms with Crippen molar-refractivity contribution < 1.29 is 9.32 Å². The molecule has 0 aliphatic carbocycles. The average Bonchev–Trinajstić information content (AvgIpc) is 3.09. The van der Waals surface area contributed by atoms with Crippen molar-refractivity contribution in [2.45, 2.75) is 26.3 Å². The molecule has 7 nitrogen and oxygen atoms in total. The van der Waals surface area contributed by atoms with Crippen LogP contribution in [-0.2, 0) is 0 Å². The minimum atomic E-state index is -0.0149. The number of nitrogens with zero attached hydrogens (tertiary/aromatic N) is 5. The molecule has 0 bridgehead atoms. The summed E-state index contributed by atoms with van der Waals surface area (Å²) in [6.45, 7) is 4.91. The Morgan fingerprint density at radius 2 is 2.32 bits per heavy atom. The van der Waals surface area contributed by atoms with Gasteiger partial charge in [0.05, 0.1) is 17.9 Å². The van der Waals surface area contributed by atoms with Crippen LogP contribution < -0.4 is 0 Å². The second kappa shape index (κ2) is 4.49. The van der Waals surface area contributed by atoms with Gasteiger partial charge in [-0.3, -0.25) is 4.79 Å². The summed E-state index contributed by atoms with van der Waals surface area (Å²) in [7, 11) is 0. The minimum Gasteiger partial charge on any atom is -0.361 e. The zero-order valence-corrected chi connectivity index (χ0v) is 10.9. The van der Waals surface area contributed by atoms with Crippen molar-refractivity contribution >= 4 is 5.91 Å². The summed E-state index contributed by atoms with van der Waals surface area (Å²) in [5, 5.41) is 11.6. The summed E-state index contributed by atoms with van der Waals surface area (Å²) in [5.74, 6) is 0.561. The fourth-order valence-corrected chi connectivity index (χ4v) is 2.50. The van der Waals surface area contributed by atoms with Crippen molar-refractivity contribution in [3.8, 4) is 0 Å². The molecule has 0 saturated carbocycles. The maximum absolute atomic E-state index is 12.4. The average molecular weight is 261 g/mol. The van der Waals surface area contributed by atoms with E-state index in [0.29, 0.717) is 30.1 Å². The number of aryl methyl sites for hydroxylation is 2. The van der Waals surface area contributed by atoms with Crippen molar-refractivity contribution in [2.75, 3.05) is 13.1 Å². The molecule has 0 radical (unpaired) electrons. The van der Waals surface area contributed by atoms with Crippen LogP contribution in [0.1, 0.15) is 34.3 Å². The molecule has 0 unspecified atom stereocenters. The Bertz CT molecular complexity index is 570. The van der Waals surface area contributed by atoms with Crippen molar-refractivity contribution in [1.82, 2.24) is 25.1 Å². The zero-order chi connectivity index (χ0) is 13.4. The van der Waals surface area contributed by atoms with Crippen molar-refractivity contribution in [3.63, 3.8) is 0 Å². The SMILES string of the molecule is Cc1noc(C)c1C(=O)N1CC[C@H](n2ccnn2)C1. The standard InChI is InChI=1S/C12H15N5O2/c1-8-11(9(2)19-14-8)12(18)16-5-3-10(7-16)17-6-4-13-15-17/h4,6,10H,3,5,7H2,1-2H3/t10-/m0/s1. The predicted molar refractivity (Wildman–Crippen MR) is 65.6 cm³/mol. The van der Waals surface area contributed by atoms with E-state index in [9.17, 15) is 4.79 Å². The Balaban J connectivity index is 1.76. The van der Waals surface area contributed by atoms with Crippen LogP contribution in [0.3, 0.4) is 0 Å². The second-order valence-corrected chi connectivity index (χ2v) is 4.78. The molecule has 7 heteroatoms. The van der Waals surface area contributed by atoms with Crippen LogP contribution in [0, 0.1) is 13.8 Å². The molecule has 0 N–H and O–H groups in total. The van der Waals surface area contributed by atoms with Gasteiger partial charge in [-0.15, -0.1) is 5.10 Å². The van der Waals surface area contributed by atoms with Gasteiger partial charge in [0.2, 0.25) is 0 Å². The van der Waals surface area contributed by atoms with Gasteiger partial charge in [-0.1, -0.05) is 10.4 Å². The summed E-state index contributed by atoms with van der Waals surface area (Å²) in [5.41, 5.74) is 1.23. The topological polar surface area (TPSA) is 77.0 Å². The van der Waals surface area contributed by atoms with Crippen molar-refractivity contribution in [3.05, 3.63) is 29.4 Å². The second-order valence-electron chi connectivity index (χ2n) is 4.78. The number of hydrogen-bond donors (Lipinski definition) is 0. The largest absolute Gasteiger partial charge is 0.361 e. The normalized spacial score (nSPS) is 19.1. The van der Waals surface area contributed by atoms with Gasteiger partial charge in [-0.05, 0) is 20.3 Å². The molecule has 3 heterocycles. The number of aromatic nitrogens is 4. The van der Waals surface area contributed by atoms with Gasteiger partial charge in [0.15, 0.2) is 0 Å². The van der Waals surface area contributed by atoms with E-state index in [1.165, 1.54) is 0 Å². The van der Waals surface area contributed by atoms with Gasteiger partial charge in [0.25, 0.3) is 5.91 Å². The molecule has 1 aliphatic rings. The molecule has 19 heavy (non-hydrogen) atoms. The third-order valence-corrected chi connectivity index (χ3v) is 3.51. The van der Waals surface area contributed by atoms with Gasteiger partial charge < -0.3 is 9.42 Å². The summed E-state index contributed by atoms with van der Waals surface area (Å²) < 4.78 is 6.86. The van der Waals surface area contributed by atoms with Crippen molar-refractivity contribution in [1.29, 1.82) is 0 Å². The van der Waals surface area contributed by atoms with Crippen LogP contribution in [0.5, 0.6) is 0 Å². The van der Waals surface area contributed by atoms with Crippen LogP contribution in [0.15, 0.2) is 16.9 Å². The number of carbonyl (C=O) groups is 1. The van der Waals surface area contributed by atoms with E-state index in [2.05, 4.69) is 15.5 Å². The first-order valence-corrected chi connectivity index (χ1v) is 6.24. The smallest absolute Gasteiger partial charge is 0.259 e. The molecule has 2 aromatic heterocycles. The van der Waals surface area contributed by atoms with Crippen LogP contribution in [0.2, 0.25) is 0 Å². The van der Waals surface area contributed by atoms with Gasteiger partial charge in [0.1, 0.15) is 11.3 Å². The highest BCUT2D eigenvalue weighted by Crippen LogP contribution is 2.24. The van der Waals surface area contributed by atoms with Gasteiger partial charge in [-0.25, -0.2) is 4.68 Å². The molecule has 1 saturated heterocycles. The summed E-state index contributed by atoms with van der Waals surface area (Å²) in [6.07, 6.45) is 4.37. The monoisotopic (exact) mass is 261 g/mol. The van der Waals surface area contributed by atoms with Crippen molar-refractivity contribution in [2.24, 2.45) is 0 Å². The third-order valence-electron chi connectivity index (χ3n) is 3.51. The van der Waals surface area contributed by atoms with E-state index in [1.807, 2.05) is 11.1 Å². The first-order valence-electron chi connectivity index (χ1n) is 6.24. The quantitative estimate of drug-likeness (QED) is 0.805. The number of carbonyl (C=O) groups excluding carboxylic acids is 1. The molecular formula is C12H15N5O2. The fraction of sp³-hybridized carbons (Fsp3) is 0.500. The molecule has 0 aromatic carbocycles. The Hall–Kier alpha value is -2.18. The van der Waals surface area contributed by atoms with Crippen LogP contribution >= 0.6 is 0 Å². The first-order chi connectivity index (χ1) is 9.16. The van der Waals surface area contributed by atoms with Crippen LogP contribution in [0.4, 0.5) is 0 Å². The fourth-order valence-electron chi connectivity index (χ4n) is 2.50. The minimum absolute atomic E-state index is 0.0149. The number of rotatable bonds is 2. The lowest BCUT2D eigenvalue weighted by molar-refractivity contribution is 0.0784. The summed E-state index contributed by atoms with van der Waals surface area (Å²) >= 11 is 0. The van der Waals surface area contributed by atoms with E-state index in [0.717, 1.165) is 6.42 Å². The first kappa shape index (κ1) is 11.9. The highest BCUT2D eigenvalue weighted by Gasteiger charge is 2.31. The molecule has 1 atom stereocenters. The van der Waals surface area contributed by atoms with Crippen LogP contribution in [0.25, 0.3) is 0 Å². The molecule has 1 amide bonds. The van der Waals surface area contributed by atoms with E-state index in [1.54, 1.807) is 24.7 Å². The van der Waals surface area contributed by atoms with Gasteiger partial charge in [0, 0.05) is 19.3 Å². The summed E-state index contributed by atoms with van der Waals surface area (Å²) in [6, 6.07) is 0.201. The Morgan fingerprint density at radius 1 is 1.47 bits per heavy atom. The van der Waals surface area contributed by atoms with E-state index >= 15 is 0 Å². The lowest BCUT2D eigenvalue weighted by Crippen LogP contribution is -2.30. The number of likely N-dealkylation sites (tertiary alicyclic amines) is 1. The Morgan fingerprint density at radius 3 is 2.95 bits per heavy atom. The molecule has 1 fully saturated rings.